The van der Waals surface area contributed by atoms with Crippen molar-refractivity contribution in [3.05, 3.63) is 23.3 Å². The van der Waals surface area contributed by atoms with Gasteiger partial charge < -0.3 is 4.74 Å². The highest BCUT2D eigenvalue weighted by atomic mass is 16.5. The Balaban J connectivity index is 2.03. The van der Waals surface area contributed by atoms with E-state index in [0.717, 1.165) is 18.4 Å². The Morgan fingerprint density at radius 2 is 1.88 bits per heavy atom. The van der Waals surface area contributed by atoms with E-state index in [4.69, 9.17) is 4.74 Å². The third-order valence-electron chi connectivity index (χ3n) is 4.42. The second-order valence-corrected chi connectivity index (χ2v) is 5.99. The monoisotopic (exact) mass is 232 g/mol. The van der Waals surface area contributed by atoms with E-state index in [1.54, 1.807) is 0 Å². The van der Waals surface area contributed by atoms with E-state index in [0.29, 0.717) is 5.78 Å². The summed E-state index contributed by atoms with van der Waals surface area (Å²) in [5.41, 5.74) is 1.97. The summed E-state index contributed by atoms with van der Waals surface area (Å²) in [4.78, 5) is 12.6. The van der Waals surface area contributed by atoms with Gasteiger partial charge in [-0.25, -0.2) is 0 Å². The maximum Gasteiger partial charge on any atom is 0.170 e. The van der Waals surface area contributed by atoms with Crippen LogP contribution < -0.4 is 0 Å². The molecule has 17 heavy (non-hydrogen) atoms. The van der Waals surface area contributed by atoms with E-state index in [-0.39, 0.29) is 17.6 Å². The number of Topliss-reactive ketones (excluding diaryl/α,β-unsaturated/α-hetero) is 1. The number of allylic oxidation sites excluding steroid dienone is 1. The topological polar surface area (TPSA) is 26.3 Å². The quantitative estimate of drug-likeness (QED) is 0.473. The summed E-state index contributed by atoms with van der Waals surface area (Å²) in [6.07, 6.45) is 10.0. The molecule has 2 nitrogen and oxygen atoms in total. The third kappa shape index (κ3) is 1.61. The Bertz CT molecular complexity index is 407. The van der Waals surface area contributed by atoms with Crippen LogP contribution in [0.5, 0.6) is 0 Å². The van der Waals surface area contributed by atoms with Crippen molar-refractivity contribution >= 4 is 5.78 Å². The summed E-state index contributed by atoms with van der Waals surface area (Å²) in [6.45, 7) is 4.02. The van der Waals surface area contributed by atoms with Crippen molar-refractivity contribution in [3.8, 4) is 0 Å². The van der Waals surface area contributed by atoms with Crippen LogP contribution in [-0.4, -0.2) is 18.0 Å². The summed E-state index contributed by atoms with van der Waals surface area (Å²) in [5.74, 6) is 0.320. The fourth-order valence-corrected chi connectivity index (χ4v) is 3.24. The van der Waals surface area contributed by atoms with Gasteiger partial charge in [0, 0.05) is 5.57 Å². The molecule has 0 aromatic heterocycles. The molecule has 0 spiro atoms. The number of carbonyl (C=O) groups excluding carboxylic acids is 1. The SMILES string of the molecule is CC1(C)C(=O)C(=C2CCCCC2)C2C=CC1O2. The lowest BCUT2D eigenvalue weighted by atomic mass is 9.74. The third-order valence-corrected chi connectivity index (χ3v) is 4.42. The molecule has 3 aliphatic rings. The molecule has 1 saturated carbocycles. The van der Waals surface area contributed by atoms with E-state index in [1.807, 2.05) is 13.8 Å². The van der Waals surface area contributed by atoms with Gasteiger partial charge in [-0.05, 0) is 39.5 Å². The van der Waals surface area contributed by atoms with Crippen molar-refractivity contribution in [1.82, 2.24) is 0 Å². The van der Waals surface area contributed by atoms with E-state index in [1.165, 1.54) is 24.8 Å². The molecular formula is C15H20O2. The Morgan fingerprint density at radius 3 is 2.59 bits per heavy atom. The molecule has 0 N–H and O–H groups in total. The van der Waals surface area contributed by atoms with Crippen LogP contribution >= 0.6 is 0 Å². The van der Waals surface area contributed by atoms with Gasteiger partial charge in [-0.1, -0.05) is 24.1 Å². The first-order valence-electron chi connectivity index (χ1n) is 6.71. The molecule has 0 aromatic carbocycles. The zero-order chi connectivity index (χ0) is 12.0. The molecular weight excluding hydrogens is 212 g/mol. The maximum atomic E-state index is 12.6. The van der Waals surface area contributed by atoms with Gasteiger partial charge in [0.15, 0.2) is 5.78 Å². The van der Waals surface area contributed by atoms with Gasteiger partial charge in [-0.15, -0.1) is 0 Å². The fraction of sp³-hybridized carbons (Fsp3) is 0.667. The summed E-state index contributed by atoms with van der Waals surface area (Å²) in [6, 6.07) is 0. The number of hydrogen-bond acceptors (Lipinski definition) is 2. The molecule has 2 fully saturated rings. The van der Waals surface area contributed by atoms with E-state index < -0.39 is 0 Å². The summed E-state index contributed by atoms with van der Waals surface area (Å²) < 4.78 is 5.96. The number of rotatable bonds is 0. The van der Waals surface area contributed by atoms with Crippen LogP contribution in [-0.2, 0) is 9.53 Å². The zero-order valence-electron chi connectivity index (χ0n) is 10.7. The van der Waals surface area contributed by atoms with Crippen LogP contribution in [0.2, 0.25) is 0 Å². The Kier molecular flexibility index (Phi) is 2.51. The van der Waals surface area contributed by atoms with Crippen LogP contribution in [0.25, 0.3) is 0 Å². The summed E-state index contributed by atoms with van der Waals surface area (Å²) in [5, 5.41) is 0. The molecule has 0 aromatic rings. The molecule has 1 saturated heterocycles. The van der Waals surface area contributed by atoms with Crippen LogP contribution in [0, 0.1) is 5.41 Å². The molecule has 2 heteroatoms. The molecule has 2 unspecified atom stereocenters. The Hall–Kier alpha value is -0.890. The number of carbonyl (C=O) groups is 1. The Labute approximate surface area is 103 Å². The van der Waals surface area contributed by atoms with Gasteiger partial charge in [0.25, 0.3) is 0 Å². The number of ether oxygens (including phenoxy) is 1. The van der Waals surface area contributed by atoms with Crippen molar-refractivity contribution in [1.29, 1.82) is 0 Å². The second kappa shape index (κ2) is 3.81. The molecule has 0 amide bonds. The predicted molar refractivity (Wildman–Crippen MR) is 66.7 cm³/mol. The first kappa shape index (κ1) is 11.2. The molecule has 1 aliphatic carbocycles. The number of fused-ring (bicyclic) bond motifs is 2. The smallest absolute Gasteiger partial charge is 0.170 e. The minimum absolute atomic E-state index is 0.0204. The first-order valence-corrected chi connectivity index (χ1v) is 6.71. The van der Waals surface area contributed by atoms with E-state index in [9.17, 15) is 4.79 Å². The van der Waals surface area contributed by atoms with Gasteiger partial charge >= 0.3 is 0 Å². The minimum Gasteiger partial charge on any atom is -0.361 e. The van der Waals surface area contributed by atoms with Crippen LogP contribution in [0.15, 0.2) is 23.3 Å². The fourth-order valence-electron chi connectivity index (χ4n) is 3.24. The number of ketones is 1. The van der Waals surface area contributed by atoms with Crippen molar-refractivity contribution in [2.24, 2.45) is 5.41 Å². The molecule has 92 valence electrons. The first-order chi connectivity index (χ1) is 8.10. The predicted octanol–water partition coefficient (Wildman–Crippen LogP) is 3.18. The lowest BCUT2D eigenvalue weighted by Gasteiger charge is -2.38. The highest BCUT2D eigenvalue weighted by Gasteiger charge is 2.48. The van der Waals surface area contributed by atoms with Gasteiger partial charge in [0.1, 0.15) is 6.10 Å². The van der Waals surface area contributed by atoms with Gasteiger partial charge in [-0.2, -0.15) is 0 Å². The van der Waals surface area contributed by atoms with E-state index in [2.05, 4.69) is 12.2 Å². The molecule has 0 radical (unpaired) electrons. The van der Waals surface area contributed by atoms with Gasteiger partial charge in [0.2, 0.25) is 0 Å². The summed E-state index contributed by atoms with van der Waals surface area (Å²) >= 11 is 0. The maximum absolute atomic E-state index is 12.6. The van der Waals surface area contributed by atoms with Gasteiger partial charge in [0.05, 0.1) is 11.5 Å². The second-order valence-electron chi connectivity index (χ2n) is 5.99. The lowest BCUT2D eigenvalue weighted by molar-refractivity contribution is -0.137. The van der Waals surface area contributed by atoms with Crippen LogP contribution in [0.3, 0.4) is 0 Å². The highest BCUT2D eigenvalue weighted by molar-refractivity contribution is 6.03. The van der Waals surface area contributed by atoms with E-state index >= 15 is 0 Å². The molecule has 2 heterocycles. The highest BCUT2D eigenvalue weighted by Crippen LogP contribution is 2.43. The molecule has 2 aliphatic heterocycles. The van der Waals surface area contributed by atoms with Crippen LogP contribution in [0.4, 0.5) is 0 Å². The molecule has 2 atom stereocenters. The van der Waals surface area contributed by atoms with Crippen LogP contribution in [0.1, 0.15) is 46.0 Å². The van der Waals surface area contributed by atoms with Crippen molar-refractivity contribution in [3.63, 3.8) is 0 Å². The average molecular weight is 232 g/mol. The lowest BCUT2D eigenvalue weighted by Crippen LogP contribution is -2.45. The normalized spacial score (nSPS) is 35.5. The standard InChI is InChI=1S/C15H20O2/c1-15(2)12-9-8-11(17-12)13(14(15)16)10-6-4-3-5-7-10/h8-9,11-12H,3-7H2,1-2H3. The van der Waals surface area contributed by atoms with Gasteiger partial charge in [-0.3, -0.25) is 4.79 Å². The Morgan fingerprint density at radius 1 is 1.18 bits per heavy atom. The largest absolute Gasteiger partial charge is 0.361 e. The van der Waals surface area contributed by atoms with Crippen molar-refractivity contribution < 1.29 is 9.53 Å². The molecule has 3 rings (SSSR count). The average Bonchev–Trinajstić information content (AvgIpc) is 2.77. The van der Waals surface area contributed by atoms with Crippen molar-refractivity contribution in [2.45, 2.75) is 58.2 Å². The number of hydrogen-bond donors (Lipinski definition) is 0. The molecule has 2 bridgehead atoms. The zero-order valence-corrected chi connectivity index (χ0v) is 10.7. The summed E-state index contributed by atoms with van der Waals surface area (Å²) in [7, 11) is 0. The minimum atomic E-state index is -0.386. The van der Waals surface area contributed by atoms with Crippen molar-refractivity contribution in [2.75, 3.05) is 0 Å².